The zero-order valence-electron chi connectivity index (χ0n) is 20.0. The van der Waals surface area contributed by atoms with Gasteiger partial charge in [0.15, 0.2) is 0 Å². The van der Waals surface area contributed by atoms with Crippen molar-refractivity contribution in [2.24, 2.45) is 7.05 Å². The summed E-state index contributed by atoms with van der Waals surface area (Å²) in [5, 5.41) is 11.3. The lowest BCUT2D eigenvalue weighted by molar-refractivity contribution is -0.139. The number of benzene rings is 2. The second-order valence-electron chi connectivity index (χ2n) is 9.36. The van der Waals surface area contributed by atoms with E-state index in [2.05, 4.69) is 25.8 Å². The van der Waals surface area contributed by atoms with Gasteiger partial charge in [0.05, 0.1) is 5.69 Å². The molecule has 2 heterocycles. The lowest BCUT2D eigenvalue weighted by Crippen LogP contribution is -2.19. The number of hydrogen-bond acceptors (Lipinski definition) is 4. The molecular formula is C28H30N2O3S. The predicted octanol–water partition coefficient (Wildman–Crippen LogP) is 6.45. The molecule has 0 aliphatic carbocycles. The van der Waals surface area contributed by atoms with Gasteiger partial charge >= 0.3 is 5.97 Å². The molecule has 0 spiro atoms. The molecule has 4 rings (SSSR count). The first-order valence-corrected chi connectivity index (χ1v) is 12.2. The van der Waals surface area contributed by atoms with Crippen LogP contribution in [0.25, 0.3) is 10.9 Å². The van der Waals surface area contributed by atoms with Gasteiger partial charge in [-0.15, -0.1) is 11.8 Å². The van der Waals surface area contributed by atoms with Gasteiger partial charge in [0.1, 0.15) is 18.3 Å². The topological polar surface area (TPSA) is 64.4 Å². The van der Waals surface area contributed by atoms with Crippen LogP contribution < -0.4 is 4.74 Å². The molecule has 0 saturated carbocycles. The number of carbonyl (C=O) groups is 1. The second kappa shape index (κ2) is 9.94. The number of rotatable bonds is 8. The number of pyridine rings is 1. The highest BCUT2D eigenvalue weighted by Gasteiger charge is 2.31. The maximum atomic E-state index is 12.5. The highest BCUT2D eigenvalue weighted by molar-refractivity contribution is 8.00. The van der Waals surface area contributed by atoms with Crippen LogP contribution in [0, 0.1) is 0 Å². The Labute approximate surface area is 204 Å². The quantitative estimate of drug-likeness (QED) is 0.297. The summed E-state index contributed by atoms with van der Waals surface area (Å²) in [4.78, 5) is 17.8. The Morgan fingerprint density at radius 3 is 2.47 bits per heavy atom. The third-order valence-electron chi connectivity index (χ3n) is 5.60. The van der Waals surface area contributed by atoms with Crippen LogP contribution in [0.1, 0.15) is 43.6 Å². The zero-order valence-corrected chi connectivity index (χ0v) is 20.8. The molecule has 0 saturated heterocycles. The van der Waals surface area contributed by atoms with Gasteiger partial charge < -0.3 is 14.4 Å². The van der Waals surface area contributed by atoms with Gasteiger partial charge in [-0.2, -0.15) is 0 Å². The first kappa shape index (κ1) is 23.9. The van der Waals surface area contributed by atoms with Crippen LogP contribution in [0.3, 0.4) is 0 Å². The summed E-state index contributed by atoms with van der Waals surface area (Å²) in [6.07, 6.45) is 2.18. The van der Waals surface area contributed by atoms with E-state index < -0.39 is 11.9 Å². The van der Waals surface area contributed by atoms with Gasteiger partial charge in [0.2, 0.25) is 0 Å². The maximum absolute atomic E-state index is 12.5. The smallest absolute Gasteiger partial charge is 0.312 e. The molecule has 0 radical (unpaired) electrons. The SMILES string of the molecule is Cn1c(C(Cc2ccccc2)C(=O)O)c(SC(C)(C)C)c2cc(OCc3ccccn3)ccc21. The third-order valence-corrected chi connectivity index (χ3v) is 6.85. The number of nitrogens with zero attached hydrogens (tertiary/aromatic N) is 2. The highest BCUT2D eigenvalue weighted by Crippen LogP contribution is 2.44. The van der Waals surface area contributed by atoms with E-state index in [1.165, 1.54) is 0 Å². The molecule has 1 unspecified atom stereocenters. The fraction of sp³-hybridized carbons (Fsp3) is 0.286. The van der Waals surface area contributed by atoms with Crippen LogP contribution in [0.5, 0.6) is 5.75 Å². The van der Waals surface area contributed by atoms with E-state index in [1.807, 2.05) is 78.3 Å². The van der Waals surface area contributed by atoms with E-state index in [4.69, 9.17) is 4.74 Å². The molecule has 0 amide bonds. The van der Waals surface area contributed by atoms with Crippen molar-refractivity contribution in [1.82, 2.24) is 9.55 Å². The van der Waals surface area contributed by atoms with Crippen molar-refractivity contribution in [2.75, 3.05) is 0 Å². The molecule has 2 aromatic carbocycles. The summed E-state index contributed by atoms with van der Waals surface area (Å²) in [5.74, 6) is -0.749. The molecule has 176 valence electrons. The molecule has 5 nitrogen and oxygen atoms in total. The van der Waals surface area contributed by atoms with E-state index in [0.717, 1.165) is 38.5 Å². The van der Waals surface area contributed by atoms with Gasteiger partial charge in [0, 0.05) is 39.5 Å². The van der Waals surface area contributed by atoms with Gasteiger partial charge in [-0.3, -0.25) is 9.78 Å². The van der Waals surface area contributed by atoms with Crippen LogP contribution in [0.2, 0.25) is 0 Å². The average molecular weight is 475 g/mol. The fourth-order valence-corrected chi connectivity index (χ4v) is 5.37. The second-order valence-corrected chi connectivity index (χ2v) is 11.2. The Kier molecular flexibility index (Phi) is 6.98. The monoisotopic (exact) mass is 474 g/mol. The summed E-state index contributed by atoms with van der Waals surface area (Å²) in [6, 6.07) is 21.5. The number of aryl methyl sites for hydroxylation is 1. The molecule has 4 aromatic rings. The summed E-state index contributed by atoms with van der Waals surface area (Å²) in [7, 11) is 1.96. The first-order chi connectivity index (χ1) is 16.2. The van der Waals surface area contributed by atoms with Crippen molar-refractivity contribution in [3.05, 3.63) is 89.9 Å². The van der Waals surface area contributed by atoms with Crippen molar-refractivity contribution < 1.29 is 14.6 Å². The van der Waals surface area contributed by atoms with Crippen molar-refractivity contribution in [2.45, 2.75) is 49.4 Å². The van der Waals surface area contributed by atoms with Crippen molar-refractivity contribution in [3.8, 4) is 5.75 Å². The largest absolute Gasteiger partial charge is 0.487 e. The Balaban J connectivity index is 1.78. The molecule has 1 N–H and O–H groups in total. The van der Waals surface area contributed by atoms with Gasteiger partial charge in [0.25, 0.3) is 0 Å². The number of fused-ring (bicyclic) bond motifs is 1. The van der Waals surface area contributed by atoms with Crippen LogP contribution in [-0.4, -0.2) is 25.4 Å². The Morgan fingerprint density at radius 2 is 1.82 bits per heavy atom. The first-order valence-electron chi connectivity index (χ1n) is 11.3. The van der Waals surface area contributed by atoms with E-state index in [-0.39, 0.29) is 4.75 Å². The molecule has 0 bridgehead atoms. The molecule has 0 aliphatic heterocycles. The van der Waals surface area contributed by atoms with E-state index in [9.17, 15) is 9.90 Å². The van der Waals surface area contributed by atoms with Crippen molar-refractivity contribution in [1.29, 1.82) is 0 Å². The minimum Gasteiger partial charge on any atom is -0.487 e. The summed E-state index contributed by atoms with van der Waals surface area (Å²) in [6.45, 7) is 6.82. The number of aromatic nitrogens is 2. The van der Waals surface area contributed by atoms with Crippen LogP contribution >= 0.6 is 11.8 Å². The van der Waals surface area contributed by atoms with E-state index in [0.29, 0.717) is 13.0 Å². The summed E-state index contributed by atoms with van der Waals surface area (Å²) < 4.78 is 7.98. The number of carboxylic acid groups (broad SMARTS) is 1. The predicted molar refractivity (Wildman–Crippen MR) is 138 cm³/mol. The standard InChI is InChI=1S/C28H30N2O3S/c1-28(2,3)34-26-22-17-21(33-18-20-12-8-9-15-29-20)13-14-24(22)30(4)25(26)23(27(31)32)16-19-10-6-5-7-11-19/h5-15,17,23H,16,18H2,1-4H3,(H,31,32). The summed E-state index contributed by atoms with van der Waals surface area (Å²) >= 11 is 1.71. The zero-order chi connectivity index (χ0) is 24.3. The normalized spacial score (nSPS) is 12.6. The van der Waals surface area contributed by atoms with Crippen LogP contribution in [-0.2, 0) is 24.9 Å². The minimum absolute atomic E-state index is 0.0936. The maximum Gasteiger partial charge on any atom is 0.312 e. The Bertz CT molecular complexity index is 1280. The molecule has 6 heteroatoms. The van der Waals surface area contributed by atoms with Crippen LogP contribution in [0.4, 0.5) is 0 Å². The summed E-state index contributed by atoms with van der Waals surface area (Å²) in [5.41, 5.74) is 3.68. The van der Waals surface area contributed by atoms with Crippen molar-refractivity contribution in [3.63, 3.8) is 0 Å². The molecular weight excluding hydrogens is 444 g/mol. The molecule has 0 aliphatic rings. The third kappa shape index (κ3) is 5.45. The minimum atomic E-state index is -0.822. The number of thioether (sulfide) groups is 1. The van der Waals surface area contributed by atoms with Gasteiger partial charge in [-0.1, -0.05) is 57.2 Å². The van der Waals surface area contributed by atoms with Gasteiger partial charge in [-0.25, -0.2) is 0 Å². The lowest BCUT2D eigenvalue weighted by atomic mass is 9.96. The van der Waals surface area contributed by atoms with Crippen LogP contribution in [0.15, 0.2) is 77.8 Å². The number of ether oxygens (including phenoxy) is 1. The number of carboxylic acids is 1. The fourth-order valence-electron chi connectivity index (χ4n) is 4.10. The van der Waals surface area contributed by atoms with E-state index >= 15 is 0 Å². The molecule has 2 aromatic heterocycles. The Morgan fingerprint density at radius 1 is 1.09 bits per heavy atom. The highest BCUT2D eigenvalue weighted by atomic mass is 32.2. The molecule has 34 heavy (non-hydrogen) atoms. The molecule has 0 fully saturated rings. The van der Waals surface area contributed by atoms with Crippen molar-refractivity contribution >= 4 is 28.6 Å². The van der Waals surface area contributed by atoms with E-state index in [1.54, 1.807) is 18.0 Å². The lowest BCUT2D eigenvalue weighted by Gasteiger charge is -2.21. The number of hydrogen-bond donors (Lipinski definition) is 1. The molecule has 1 atom stereocenters. The Hall–Kier alpha value is -3.25. The average Bonchev–Trinajstić information content (AvgIpc) is 3.06. The number of aliphatic carboxylic acids is 1. The van der Waals surface area contributed by atoms with Gasteiger partial charge in [-0.05, 0) is 42.3 Å².